The number of hydrogen-bond acceptors (Lipinski definition) is 3. The van der Waals surface area contributed by atoms with Gasteiger partial charge < -0.3 is 0 Å². The van der Waals surface area contributed by atoms with Gasteiger partial charge in [0.05, 0.1) is 0 Å². The Morgan fingerprint density at radius 1 is 1.15 bits per heavy atom. The maximum absolute atomic E-state index is 6.20. The third-order valence-electron chi connectivity index (χ3n) is 4.58. The summed E-state index contributed by atoms with van der Waals surface area (Å²) in [6.45, 7) is 4.02. The van der Waals surface area contributed by atoms with Gasteiger partial charge in [0.25, 0.3) is 0 Å². The van der Waals surface area contributed by atoms with E-state index >= 15 is 0 Å². The second kappa shape index (κ2) is 9.98. The number of fused-ring (bicyclic) bond motifs is 2. The molecule has 6 heteroatoms. The minimum absolute atomic E-state index is 0.228. The summed E-state index contributed by atoms with van der Waals surface area (Å²) in [5.41, 5.74) is 1.99. The van der Waals surface area contributed by atoms with Crippen LogP contribution in [-0.2, 0) is 0 Å². The predicted molar refractivity (Wildman–Crippen MR) is 120 cm³/mol. The summed E-state index contributed by atoms with van der Waals surface area (Å²) in [5.74, 6) is 0.875. The SMILES string of the molecule is CCC(Cl)CNCCC[AsH]c1c2ccc(Cl)cc2nc2ccc(OC)cc12. The van der Waals surface area contributed by atoms with Crippen LogP contribution in [0.25, 0.3) is 21.8 Å². The Morgan fingerprint density at radius 3 is 2.78 bits per heavy atom. The summed E-state index contributed by atoms with van der Waals surface area (Å²) in [7, 11) is 1.71. The first-order valence-electron chi connectivity index (χ1n) is 9.28. The van der Waals surface area contributed by atoms with Crippen LogP contribution in [0.15, 0.2) is 36.4 Å². The van der Waals surface area contributed by atoms with Gasteiger partial charge in [-0.1, -0.05) is 0 Å². The summed E-state index contributed by atoms with van der Waals surface area (Å²) < 4.78 is 6.88. The molecule has 3 rings (SSSR count). The van der Waals surface area contributed by atoms with Gasteiger partial charge in [-0.05, 0) is 0 Å². The molecule has 2 atom stereocenters. The zero-order chi connectivity index (χ0) is 19.2. The van der Waals surface area contributed by atoms with Crippen LogP contribution in [0.4, 0.5) is 0 Å². The molecule has 0 fully saturated rings. The summed E-state index contributed by atoms with van der Waals surface area (Å²) in [6.07, 6.45) is 2.16. The molecule has 0 aliphatic carbocycles. The molecule has 0 amide bonds. The number of pyridine rings is 1. The first-order chi connectivity index (χ1) is 13.1. The van der Waals surface area contributed by atoms with Gasteiger partial charge in [0.1, 0.15) is 0 Å². The van der Waals surface area contributed by atoms with Crippen LogP contribution >= 0.6 is 23.2 Å². The van der Waals surface area contributed by atoms with Gasteiger partial charge in [0.15, 0.2) is 0 Å². The standard InChI is InChI=1S/C21H25AsCl2N2O/c1-3-14(23)13-25-10-4-9-22-21-17-7-5-15(24)11-20(17)26-19-8-6-16(27-2)12-18(19)21/h5-8,11-12,14,22,25H,3-4,9-10,13H2,1-2H3. The van der Waals surface area contributed by atoms with E-state index in [0.717, 1.165) is 47.7 Å². The zero-order valence-electron chi connectivity index (χ0n) is 15.7. The number of aromatic nitrogens is 1. The van der Waals surface area contributed by atoms with Crippen molar-refractivity contribution in [3.05, 3.63) is 41.4 Å². The summed E-state index contributed by atoms with van der Waals surface area (Å²) in [6, 6.07) is 12.2. The monoisotopic (exact) mass is 466 g/mol. The summed E-state index contributed by atoms with van der Waals surface area (Å²) in [4.78, 5) is 4.81. The van der Waals surface area contributed by atoms with Crippen molar-refractivity contribution >= 4 is 65.1 Å². The second-order valence-electron chi connectivity index (χ2n) is 6.52. The van der Waals surface area contributed by atoms with Crippen molar-refractivity contribution in [3.8, 4) is 5.75 Å². The van der Waals surface area contributed by atoms with Crippen molar-refractivity contribution in [3.63, 3.8) is 0 Å². The fraction of sp³-hybridized carbons (Fsp3) is 0.381. The van der Waals surface area contributed by atoms with E-state index in [1.165, 1.54) is 20.3 Å². The van der Waals surface area contributed by atoms with Crippen molar-refractivity contribution in [1.82, 2.24) is 10.3 Å². The van der Waals surface area contributed by atoms with Gasteiger partial charge >= 0.3 is 178 Å². The molecule has 0 aliphatic rings. The van der Waals surface area contributed by atoms with E-state index in [2.05, 4.69) is 24.4 Å². The maximum atomic E-state index is 6.20. The third kappa shape index (κ3) is 5.29. The van der Waals surface area contributed by atoms with Gasteiger partial charge in [0, 0.05) is 0 Å². The van der Waals surface area contributed by atoms with Crippen molar-refractivity contribution in [2.45, 2.75) is 30.4 Å². The number of benzene rings is 2. The third-order valence-corrected chi connectivity index (χ3v) is 8.42. The van der Waals surface area contributed by atoms with E-state index in [4.69, 9.17) is 32.9 Å². The van der Waals surface area contributed by atoms with Crippen molar-refractivity contribution in [1.29, 1.82) is 0 Å². The Balaban J connectivity index is 1.82. The minimum atomic E-state index is -0.311. The van der Waals surface area contributed by atoms with E-state index in [-0.39, 0.29) is 21.1 Å². The Bertz CT molecular complexity index is 919. The number of hydrogen-bond donors (Lipinski definition) is 1. The topological polar surface area (TPSA) is 34.2 Å². The van der Waals surface area contributed by atoms with Crippen molar-refractivity contribution in [2.75, 3.05) is 20.2 Å². The van der Waals surface area contributed by atoms with Crippen LogP contribution in [-0.4, -0.2) is 46.3 Å². The molecule has 1 aromatic heterocycles. The van der Waals surface area contributed by atoms with Gasteiger partial charge in [0.2, 0.25) is 0 Å². The predicted octanol–water partition coefficient (Wildman–Crippen LogP) is 4.53. The molecular weight excluding hydrogens is 442 g/mol. The van der Waals surface area contributed by atoms with Crippen molar-refractivity contribution in [2.24, 2.45) is 0 Å². The number of halogens is 2. The molecule has 2 unspecified atom stereocenters. The van der Waals surface area contributed by atoms with E-state index in [1.807, 2.05) is 24.3 Å². The number of nitrogens with one attached hydrogen (secondary N) is 1. The molecule has 1 heterocycles. The molecular formula is C21H25AsCl2N2O. The van der Waals surface area contributed by atoms with Gasteiger partial charge in [-0.25, -0.2) is 0 Å². The molecule has 3 nitrogen and oxygen atoms in total. The summed E-state index contributed by atoms with van der Waals surface area (Å²) in [5, 5.41) is 8.07. The average Bonchev–Trinajstić information content (AvgIpc) is 2.68. The van der Waals surface area contributed by atoms with Gasteiger partial charge in [-0.15, -0.1) is 0 Å². The van der Waals surface area contributed by atoms with Crippen LogP contribution in [0, 0.1) is 0 Å². The normalized spacial score (nSPS) is 13.0. The molecule has 3 aromatic rings. The quantitative estimate of drug-likeness (QED) is 0.218. The van der Waals surface area contributed by atoms with E-state index in [9.17, 15) is 0 Å². The van der Waals surface area contributed by atoms with Gasteiger partial charge in [-0.3, -0.25) is 0 Å². The second-order valence-corrected chi connectivity index (χ2v) is 10.4. The zero-order valence-corrected chi connectivity index (χ0v) is 19.3. The molecule has 0 saturated heterocycles. The Labute approximate surface area is 177 Å². The number of alkyl halides is 1. The number of methoxy groups -OCH3 is 1. The molecule has 27 heavy (non-hydrogen) atoms. The first-order valence-corrected chi connectivity index (χ1v) is 12.6. The number of ether oxygens (including phenoxy) is 1. The molecule has 0 radical (unpaired) electrons. The molecule has 1 N–H and O–H groups in total. The Kier molecular flexibility index (Phi) is 7.66. The molecule has 0 bridgehead atoms. The molecule has 0 aliphatic heterocycles. The van der Waals surface area contributed by atoms with Crippen LogP contribution in [0.2, 0.25) is 10.2 Å². The molecule has 144 valence electrons. The van der Waals surface area contributed by atoms with Crippen LogP contribution in [0.5, 0.6) is 5.75 Å². The van der Waals surface area contributed by atoms with Crippen LogP contribution in [0.1, 0.15) is 19.8 Å². The average molecular weight is 467 g/mol. The van der Waals surface area contributed by atoms with E-state index < -0.39 is 0 Å². The van der Waals surface area contributed by atoms with Gasteiger partial charge in [-0.2, -0.15) is 0 Å². The molecule has 0 spiro atoms. The van der Waals surface area contributed by atoms with Crippen LogP contribution in [0.3, 0.4) is 0 Å². The number of rotatable bonds is 9. The fourth-order valence-electron chi connectivity index (χ4n) is 3.04. The van der Waals surface area contributed by atoms with Crippen LogP contribution < -0.4 is 14.4 Å². The fourth-order valence-corrected chi connectivity index (χ4v) is 6.25. The Hall–Kier alpha value is -0.992. The van der Waals surface area contributed by atoms with E-state index in [1.54, 1.807) is 7.11 Å². The first kappa shape index (κ1) is 20.7. The van der Waals surface area contributed by atoms with Crippen molar-refractivity contribution < 1.29 is 4.74 Å². The van der Waals surface area contributed by atoms with E-state index in [0.29, 0.717) is 0 Å². The number of nitrogens with zero attached hydrogens (tertiary/aromatic N) is 1. The summed E-state index contributed by atoms with van der Waals surface area (Å²) >= 11 is 12.1. The molecule has 0 saturated carbocycles. The Morgan fingerprint density at radius 2 is 2.00 bits per heavy atom. The molecule has 2 aromatic carbocycles.